The van der Waals surface area contributed by atoms with Crippen molar-refractivity contribution in [2.75, 3.05) is 11.1 Å². The molecule has 1 unspecified atom stereocenters. The number of ether oxygens (including phenoxy) is 1. The van der Waals surface area contributed by atoms with Gasteiger partial charge in [-0.1, -0.05) is 23.5 Å². The number of carbonyl (C=O) groups excluding carboxylic acids is 2. The first-order valence-electron chi connectivity index (χ1n) is 8.31. The minimum absolute atomic E-state index is 0.121. The lowest BCUT2D eigenvalue weighted by atomic mass is 10.1. The molecule has 0 aliphatic carbocycles. The number of carboxylic acids is 1. The maximum atomic E-state index is 12.2. The minimum Gasteiger partial charge on any atom is -0.478 e. The molecule has 1 heterocycles. The van der Waals surface area contributed by atoms with Crippen LogP contribution in [0, 0.1) is 6.92 Å². The summed E-state index contributed by atoms with van der Waals surface area (Å²) in [6.07, 6.45) is -0.265. The lowest BCUT2D eigenvalue weighted by Crippen LogP contribution is -2.20. The number of nitrogens with zero attached hydrogens (tertiary/aromatic N) is 1. The van der Waals surface area contributed by atoms with E-state index in [2.05, 4.69) is 10.3 Å². The van der Waals surface area contributed by atoms with E-state index in [1.165, 1.54) is 12.1 Å². The predicted molar refractivity (Wildman–Crippen MR) is 106 cm³/mol. The number of carbonyl (C=O) groups is 3. The average Bonchev–Trinajstić information content (AvgIpc) is 2.94. The van der Waals surface area contributed by atoms with Gasteiger partial charge < -0.3 is 15.2 Å². The first-order chi connectivity index (χ1) is 13.2. The van der Waals surface area contributed by atoms with Crippen molar-refractivity contribution in [3.8, 4) is 0 Å². The van der Waals surface area contributed by atoms with Crippen molar-refractivity contribution in [2.24, 2.45) is 0 Å². The Labute approximate surface area is 168 Å². The average molecular weight is 425 g/mol. The Kier molecular flexibility index (Phi) is 7.41. The van der Waals surface area contributed by atoms with Crippen LogP contribution in [-0.2, 0) is 26.1 Å². The summed E-state index contributed by atoms with van der Waals surface area (Å²) in [6.45, 7) is 5.12. The van der Waals surface area contributed by atoms with Crippen LogP contribution in [0.15, 0.2) is 24.3 Å². The van der Waals surface area contributed by atoms with Gasteiger partial charge in [0.1, 0.15) is 10.6 Å². The van der Waals surface area contributed by atoms with Crippen LogP contribution in [0.2, 0.25) is 0 Å². The van der Waals surface area contributed by atoms with E-state index in [1.807, 2.05) is 0 Å². The van der Waals surface area contributed by atoms with Crippen LogP contribution < -0.4 is 5.32 Å². The number of nitrogens with one attached hydrogen (secondary N) is 1. The summed E-state index contributed by atoms with van der Waals surface area (Å²) in [7, 11) is -1.48. The molecule has 2 N–H and O–H groups in total. The summed E-state index contributed by atoms with van der Waals surface area (Å²) in [5, 5.41) is 11.6. The Morgan fingerprint density at radius 2 is 1.89 bits per heavy atom. The van der Waals surface area contributed by atoms with Crippen LogP contribution in [0.4, 0.5) is 5.13 Å². The number of carboxylic acid groups (broad SMARTS) is 1. The van der Waals surface area contributed by atoms with Gasteiger partial charge in [0.2, 0.25) is 5.91 Å². The summed E-state index contributed by atoms with van der Waals surface area (Å²) in [6, 6.07) is 5.97. The van der Waals surface area contributed by atoms with Gasteiger partial charge in [0.05, 0.1) is 17.4 Å². The summed E-state index contributed by atoms with van der Waals surface area (Å²) in [4.78, 5) is 39.3. The third kappa shape index (κ3) is 6.24. The Morgan fingerprint density at radius 1 is 1.25 bits per heavy atom. The molecule has 0 spiro atoms. The molecule has 0 aliphatic rings. The molecule has 1 aromatic carbocycles. The number of thiazole rings is 1. The van der Waals surface area contributed by atoms with E-state index >= 15 is 0 Å². The van der Waals surface area contributed by atoms with Gasteiger partial charge in [-0.25, -0.2) is 14.6 Å². The highest BCUT2D eigenvalue weighted by atomic mass is 32.2. The molecule has 0 fully saturated rings. The normalized spacial score (nSPS) is 11.9. The first-order valence-corrected chi connectivity index (χ1v) is 10.6. The fourth-order valence-corrected chi connectivity index (χ4v) is 4.09. The third-order valence-electron chi connectivity index (χ3n) is 3.39. The summed E-state index contributed by atoms with van der Waals surface area (Å²) in [5.41, 5.74) is 1.25. The van der Waals surface area contributed by atoms with Gasteiger partial charge in [-0.05, 0) is 38.5 Å². The maximum absolute atomic E-state index is 12.2. The number of rotatable bonds is 8. The quantitative estimate of drug-likeness (QED) is 0.625. The molecule has 0 radical (unpaired) electrons. The topological polar surface area (TPSA) is 123 Å². The third-order valence-corrected chi connectivity index (χ3v) is 5.68. The number of hydrogen-bond acceptors (Lipinski definition) is 7. The zero-order valence-corrected chi connectivity index (χ0v) is 17.2. The summed E-state index contributed by atoms with van der Waals surface area (Å²) in [5.74, 6) is -2.15. The fourth-order valence-electron chi connectivity index (χ4n) is 2.19. The molecule has 1 amide bonds. The zero-order chi connectivity index (χ0) is 20.8. The summed E-state index contributed by atoms with van der Waals surface area (Å²) >= 11 is 1.00. The van der Waals surface area contributed by atoms with E-state index in [1.54, 1.807) is 32.9 Å². The number of benzene rings is 1. The van der Waals surface area contributed by atoms with Crippen LogP contribution in [0.1, 0.15) is 45.1 Å². The highest BCUT2D eigenvalue weighted by Gasteiger charge is 2.19. The molecular formula is C18H20N2O6S2. The van der Waals surface area contributed by atoms with E-state index < -0.39 is 28.6 Å². The first kappa shape index (κ1) is 21.7. The van der Waals surface area contributed by atoms with E-state index in [0.717, 1.165) is 11.3 Å². The molecule has 8 nitrogen and oxygen atoms in total. The smallest absolute Gasteiger partial charge is 0.350 e. The maximum Gasteiger partial charge on any atom is 0.350 e. The Balaban J connectivity index is 1.92. The van der Waals surface area contributed by atoms with Crippen molar-refractivity contribution >= 4 is 45.1 Å². The molecule has 0 saturated carbocycles. The highest BCUT2D eigenvalue weighted by Crippen LogP contribution is 2.23. The molecule has 150 valence electrons. The van der Waals surface area contributed by atoms with Crippen LogP contribution >= 0.6 is 11.3 Å². The highest BCUT2D eigenvalue weighted by molar-refractivity contribution is 7.85. The fraction of sp³-hybridized carbons (Fsp3) is 0.333. The number of aromatic carboxylic acids is 1. The Bertz CT molecular complexity index is 905. The van der Waals surface area contributed by atoms with Crippen LogP contribution in [-0.4, -0.2) is 44.0 Å². The monoisotopic (exact) mass is 424 g/mol. The molecule has 10 heteroatoms. The number of amides is 1. The van der Waals surface area contributed by atoms with E-state index in [9.17, 15) is 18.6 Å². The number of aryl methyl sites for hydroxylation is 1. The van der Waals surface area contributed by atoms with Gasteiger partial charge in [0, 0.05) is 16.6 Å². The molecule has 28 heavy (non-hydrogen) atoms. The zero-order valence-electron chi connectivity index (χ0n) is 15.6. The summed E-state index contributed by atoms with van der Waals surface area (Å²) < 4.78 is 17.3. The standard InChI is InChI=1S/C18H20N2O6S2/c1-10(2)26-17(24)15-11(3)19-18(27-15)20-14(21)9-28(25)8-12-4-6-13(7-5-12)16(22)23/h4-7,10H,8-9H2,1-3H3,(H,22,23)(H,19,20,21). The molecule has 1 aromatic heterocycles. The number of anilines is 1. The second-order valence-corrected chi connectivity index (χ2v) is 8.62. The van der Waals surface area contributed by atoms with Gasteiger partial charge in [-0.15, -0.1) is 0 Å². The number of esters is 1. The van der Waals surface area contributed by atoms with Crippen LogP contribution in [0.3, 0.4) is 0 Å². The van der Waals surface area contributed by atoms with Crippen molar-refractivity contribution in [1.29, 1.82) is 0 Å². The van der Waals surface area contributed by atoms with Crippen molar-refractivity contribution in [3.63, 3.8) is 0 Å². The van der Waals surface area contributed by atoms with Crippen molar-refractivity contribution < 1.29 is 28.4 Å². The van der Waals surface area contributed by atoms with Gasteiger partial charge >= 0.3 is 11.9 Å². The van der Waals surface area contributed by atoms with Crippen molar-refractivity contribution in [2.45, 2.75) is 32.6 Å². The largest absolute Gasteiger partial charge is 0.478 e. The number of aromatic nitrogens is 1. The predicted octanol–water partition coefficient (Wildman–Crippen LogP) is 2.60. The number of hydrogen-bond donors (Lipinski definition) is 2. The SMILES string of the molecule is Cc1nc(NC(=O)CS(=O)Cc2ccc(C(=O)O)cc2)sc1C(=O)OC(C)C. The molecule has 2 rings (SSSR count). The van der Waals surface area contributed by atoms with Crippen molar-refractivity contribution in [1.82, 2.24) is 4.98 Å². The molecule has 2 aromatic rings. The second-order valence-electron chi connectivity index (χ2n) is 6.17. The Morgan fingerprint density at radius 3 is 2.46 bits per heavy atom. The molecule has 1 atom stereocenters. The Hall–Kier alpha value is -2.59. The lowest BCUT2D eigenvalue weighted by Gasteiger charge is -2.05. The minimum atomic E-state index is -1.48. The molecule has 0 saturated heterocycles. The van der Waals surface area contributed by atoms with Gasteiger partial charge in [-0.3, -0.25) is 9.00 Å². The van der Waals surface area contributed by atoms with Gasteiger partial charge in [0.25, 0.3) is 0 Å². The second kappa shape index (κ2) is 9.56. The van der Waals surface area contributed by atoms with E-state index in [4.69, 9.17) is 9.84 Å². The van der Waals surface area contributed by atoms with E-state index in [0.29, 0.717) is 16.1 Å². The van der Waals surface area contributed by atoms with Crippen LogP contribution in [0.25, 0.3) is 0 Å². The molecule has 0 bridgehead atoms. The van der Waals surface area contributed by atoms with Crippen molar-refractivity contribution in [3.05, 3.63) is 46.0 Å². The molecular weight excluding hydrogens is 404 g/mol. The van der Waals surface area contributed by atoms with E-state index in [-0.39, 0.29) is 28.3 Å². The van der Waals surface area contributed by atoms with Crippen LogP contribution in [0.5, 0.6) is 0 Å². The molecule has 0 aliphatic heterocycles. The lowest BCUT2D eigenvalue weighted by molar-refractivity contribution is -0.113. The van der Waals surface area contributed by atoms with Gasteiger partial charge in [-0.2, -0.15) is 0 Å². The van der Waals surface area contributed by atoms with Gasteiger partial charge in [0.15, 0.2) is 5.13 Å².